The van der Waals surface area contributed by atoms with Crippen LogP contribution < -0.4 is 0 Å². The van der Waals surface area contributed by atoms with Gasteiger partial charge in [0, 0.05) is 41.9 Å². The second kappa shape index (κ2) is 6.80. The predicted octanol–water partition coefficient (Wildman–Crippen LogP) is 2.77. The lowest BCUT2D eigenvalue weighted by atomic mass is 9.93. The Bertz CT molecular complexity index is 977. The number of nitrogens with one attached hydrogen (secondary N) is 1. The summed E-state index contributed by atoms with van der Waals surface area (Å²) >= 11 is 5.08. The van der Waals surface area contributed by atoms with Crippen LogP contribution in [0.4, 0.5) is 17.6 Å². The fraction of sp³-hybridized carbons (Fsp3) is 0.312. The lowest BCUT2D eigenvalue weighted by molar-refractivity contribution is -0.154. The molecule has 1 atom stereocenters. The predicted molar refractivity (Wildman–Crippen MR) is 84.8 cm³/mol. The van der Waals surface area contributed by atoms with Gasteiger partial charge < -0.3 is 19.8 Å². The molecule has 0 saturated carbocycles. The van der Waals surface area contributed by atoms with Crippen LogP contribution in [0.25, 0.3) is 0 Å². The van der Waals surface area contributed by atoms with Crippen molar-refractivity contribution in [1.82, 2.24) is 9.55 Å². The number of aromatic nitrogens is 2. The molecule has 2 aromatic rings. The minimum atomic E-state index is -1.75. The standard InChI is InChI=1S/C16H12F4N2O4S/c17-7-3-8(18)13(20)11(12(7)19)5-1-10-9(21-16(27)22(10)4-5)2-6(14(23)24)15(25)26/h3,5-6H,1-2,4H2,(H,21,27)(H,23,24)(H,25,26)/t5-/m0/s1. The summed E-state index contributed by atoms with van der Waals surface area (Å²) in [5.74, 6) is -11.9. The van der Waals surface area contributed by atoms with Crippen LogP contribution in [0.5, 0.6) is 0 Å². The summed E-state index contributed by atoms with van der Waals surface area (Å²) in [6.45, 7) is -0.0911. The maximum atomic E-state index is 14.1. The van der Waals surface area contributed by atoms with E-state index < -0.39 is 59.0 Å². The molecule has 2 heterocycles. The normalized spacial score (nSPS) is 16.0. The summed E-state index contributed by atoms with van der Waals surface area (Å²) < 4.78 is 56.6. The Kier molecular flexibility index (Phi) is 4.81. The number of fused-ring (bicyclic) bond motifs is 1. The molecular weight excluding hydrogens is 392 g/mol. The summed E-state index contributed by atoms with van der Waals surface area (Å²) in [6, 6.07) is 0.117. The maximum Gasteiger partial charge on any atom is 0.318 e. The number of aromatic amines is 1. The van der Waals surface area contributed by atoms with E-state index in [1.54, 1.807) is 0 Å². The second-order valence-corrected chi connectivity index (χ2v) is 6.57. The van der Waals surface area contributed by atoms with Crippen LogP contribution in [0.1, 0.15) is 22.9 Å². The number of hydrogen-bond donors (Lipinski definition) is 3. The highest BCUT2D eigenvalue weighted by Gasteiger charge is 2.35. The van der Waals surface area contributed by atoms with Crippen molar-refractivity contribution in [3.63, 3.8) is 0 Å². The summed E-state index contributed by atoms with van der Waals surface area (Å²) in [5.41, 5.74) is -0.222. The Morgan fingerprint density at radius 2 is 1.74 bits per heavy atom. The van der Waals surface area contributed by atoms with Gasteiger partial charge in [-0.2, -0.15) is 0 Å². The van der Waals surface area contributed by atoms with Crippen LogP contribution in [0, 0.1) is 34.0 Å². The Morgan fingerprint density at radius 1 is 1.19 bits per heavy atom. The van der Waals surface area contributed by atoms with Gasteiger partial charge >= 0.3 is 11.9 Å². The lowest BCUT2D eigenvalue weighted by Gasteiger charge is -2.13. The van der Waals surface area contributed by atoms with Crippen LogP contribution in [-0.4, -0.2) is 31.7 Å². The number of hydrogen-bond acceptors (Lipinski definition) is 3. The number of carboxylic acid groups (broad SMARTS) is 2. The minimum Gasteiger partial charge on any atom is -0.481 e. The monoisotopic (exact) mass is 404 g/mol. The topological polar surface area (TPSA) is 95.3 Å². The number of rotatable bonds is 5. The number of nitrogens with zero attached hydrogens (tertiary/aromatic N) is 1. The summed E-state index contributed by atoms with van der Waals surface area (Å²) in [7, 11) is 0. The molecule has 3 N–H and O–H groups in total. The van der Waals surface area contributed by atoms with Crippen molar-refractivity contribution in [1.29, 1.82) is 0 Å². The Balaban J connectivity index is 1.98. The van der Waals surface area contributed by atoms with Gasteiger partial charge in [-0.1, -0.05) is 0 Å². The molecule has 1 aliphatic rings. The molecule has 144 valence electrons. The summed E-state index contributed by atoms with van der Waals surface area (Å²) in [4.78, 5) is 24.9. The zero-order valence-corrected chi connectivity index (χ0v) is 14.2. The number of carbonyl (C=O) groups is 2. The van der Waals surface area contributed by atoms with Gasteiger partial charge in [0.05, 0.1) is 0 Å². The zero-order chi connectivity index (χ0) is 20.0. The molecular formula is C16H12F4N2O4S. The van der Waals surface area contributed by atoms with Crippen LogP contribution >= 0.6 is 12.2 Å². The largest absolute Gasteiger partial charge is 0.481 e. The Morgan fingerprint density at radius 3 is 2.26 bits per heavy atom. The van der Waals surface area contributed by atoms with Gasteiger partial charge in [-0.05, 0) is 18.6 Å². The molecule has 0 unspecified atom stereocenters. The first-order chi connectivity index (χ1) is 12.6. The maximum absolute atomic E-state index is 14.1. The van der Waals surface area contributed by atoms with E-state index in [1.807, 2.05) is 0 Å². The minimum absolute atomic E-state index is 0.0911. The highest BCUT2D eigenvalue weighted by molar-refractivity contribution is 7.71. The van der Waals surface area contributed by atoms with Gasteiger partial charge in [0.1, 0.15) is 0 Å². The first kappa shape index (κ1) is 19.1. The highest BCUT2D eigenvalue weighted by atomic mass is 32.1. The van der Waals surface area contributed by atoms with E-state index in [2.05, 4.69) is 4.98 Å². The van der Waals surface area contributed by atoms with E-state index in [0.29, 0.717) is 5.69 Å². The number of imidazole rings is 1. The number of benzene rings is 1. The third-order valence-corrected chi connectivity index (χ3v) is 4.90. The highest BCUT2D eigenvalue weighted by Crippen LogP contribution is 2.36. The van der Waals surface area contributed by atoms with Crippen LogP contribution in [0.3, 0.4) is 0 Å². The van der Waals surface area contributed by atoms with E-state index in [1.165, 1.54) is 4.57 Å². The average molecular weight is 404 g/mol. The van der Waals surface area contributed by atoms with Gasteiger partial charge in [0.15, 0.2) is 34.0 Å². The fourth-order valence-electron chi connectivity index (χ4n) is 3.30. The van der Waals surface area contributed by atoms with E-state index in [9.17, 15) is 27.2 Å². The van der Waals surface area contributed by atoms with Crippen molar-refractivity contribution < 1.29 is 37.4 Å². The smallest absolute Gasteiger partial charge is 0.318 e. The number of aliphatic carboxylic acids is 2. The van der Waals surface area contributed by atoms with Gasteiger partial charge in [0.25, 0.3) is 0 Å². The second-order valence-electron chi connectivity index (χ2n) is 6.18. The van der Waals surface area contributed by atoms with Gasteiger partial charge in [-0.3, -0.25) is 9.59 Å². The van der Waals surface area contributed by atoms with Crippen molar-refractivity contribution in [2.75, 3.05) is 0 Å². The molecule has 1 aliphatic heterocycles. The average Bonchev–Trinajstić information content (AvgIpc) is 3.11. The molecule has 6 nitrogen and oxygen atoms in total. The molecule has 0 fully saturated rings. The molecule has 0 amide bonds. The van der Waals surface area contributed by atoms with Gasteiger partial charge in [-0.25, -0.2) is 17.6 Å². The van der Waals surface area contributed by atoms with Crippen molar-refractivity contribution >= 4 is 24.2 Å². The molecule has 0 bridgehead atoms. The first-order valence-corrected chi connectivity index (χ1v) is 8.11. The molecule has 1 aromatic carbocycles. The summed E-state index contributed by atoms with van der Waals surface area (Å²) in [5, 5.41) is 18.0. The van der Waals surface area contributed by atoms with Crippen molar-refractivity contribution in [3.8, 4) is 0 Å². The van der Waals surface area contributed by atoms with Crippen molar-refractivity contribution in [2.45, 2.75) is 25.3 Å². The SMILES string of the molecule is O=C(O)C(Cc1[nH]c(=S)n2c1C[C@H](c1c(F)c(F)cc(F)c1F)C2)C(=O)O. The molecule has 11 heteroatoms. The number of H-pyrrole nitrogens is 1. The molecule has 0 aliphatic carbocycles. The van der Waals surface area contributed by atoms with Gasteiger partial charge in [0.2, 0.25) is 0 Å². The Hall–Kier alpha value is -2.69. The first-order valence-electron chi connectivity index (χ1n) is 7.70. The third kappa shape index (κ3) is 3.22. The number of halogens is 4. The molecule has 0 saturated heterocycles. The van der Waals surface area contributed by atoms with E-state index >= 15 is 0 Å². The number of carboxylic acids is 2. The molecule has 27 heavy (non-hydrogen) atoms. The van der Waals surface area contributed by atoms with Crippen LogP contribution in [0.15, 0.2) is 6.07 Å². The third-order valence-electron chi connectivity index (χ3n) is 4.58. The van der Waals surface area contributed by atoms with E-state index in [0.717, 1.165) is 0 Å². The lowest BCUT2D eigenvalue weighted by Crippen LogP contribution is -2.26. The van der Waals surface area contributed by atoms with Crippen LogP contribution in [0.2, 0.25) is 0 Å². The van der Waals surface area contributed by atoms with E-state index in [4.69, 9.17) is 22.4 Å². The summed E-state index contributed by atoms with van der Waals surface area (Å²) in [6.07, 6.45) is -0.517. The quantitative estimate of drug-likeness (QED) is 0.308. The van der Waals surface area contributed by atoms with Gasteiger partial charge in [-0.15, -0.1) is 0 Å². The molecule has 3 rings (SSSR count). The van der Waals surface area contributed by atoms with E-state index in [-0.39, 0.29) is 29.5 Å². The Labute approximate surface area is 154 Å². The fourth-order valence-corrected chi connectivity index (χ4v) is 3.60. The van der Waals surface area contributed by atoms with Crippen molar-refractivity contribution in [2.24, 2.45) is 5.92 Å². The zero-order valence-electron chi connectivity index (χ0n) is 13.4. The molecule has 0 spiro atoms. The van der Waals surface area contributed by atoms with Crippen molar-refractivity contribution in [3.05, 3.63) is 51.1 Å². The molecule has 1 aromatic heterocycles. The molecule has 0 radical (unpaired) electrons. The van der Waals surface area contributed by atoms with Crippen LogP contribution in [-0.2, 0) is 29.0 Å².